The summed E-state index contributed by atoms with van der Waals surface area (Å²) in [5, 5.41) is 2.84. The van der Waals surface area contributed by atoms with Gasteiger partial charge in [-0.05, 0) is 38.3 Å². The Bertz CT molecular complexity index is 389. The van der Waals surface area contributed by atoms with Crippen LogP contribution in [0, 0.1) is 12.8 Å². The fraction of sp³-hybridized carbons (Fsp3) is 0.538. The number of pyridine rings is 1. The zero-order valence-electron chi connectivity index (χ0n) is 10.3. The van der Waals surface area contributed by atoms with Crippen LogP contribution in [0.5, 0.6) is 0 Å². The highest BCUT2D eigenvalue weighted by molar-refractivity contribution is 5.92. The number of amides is 1. The van der Waals surface area contributed by atoms with Gasteiger partial charge in [0.1, 0.15) is 5.82 Å². The molecule has 1 saturated heterocycles. The number of aryl methyl sites for hydroxylation is 1. The number of hydrogen-bond donors (Lipinski definition) is 1. The van der Waals surface area contributed by atoms with Gasteiger partial charge in [-0.2, -0.15) is 0 Å². The van der Waals surface area contributed by atoms with Gasteiger partial charge in [0.2, 0.25) is 5.91 Å². The molecule has 0 bridgehead atoms. The zero-order valence-corrected chi connectivity index (χ0v) is 10.3. The van der Waals surface area contributed by atoms with Gasteiger partial charge in [-0.3, -0.25) is 4.79 Å². The van der Waals surface area contributed by atoms with Gasteiger partial charge < -0.3 is 10.1 Å². The topological polar surface area (TPSA) is 51.2 Å². The molecule has 0 saturated carbocycles. The highest BCUT2D eigenvalue weighted by Gasteiger charge is 2.28. The molecule has 0 unspecified atom stereocenters. The molecule has 1 aliphatic heterocycles. The van der Waals surface area contributed by atoms with Crippen molar-refractivity contribution in [1.29, 1.82) is 0 Å². The van der Waals surface area contributed by atoms with Crippen LogP contribution in [-0.2, 0) is 9.53 Å². The Balaban J connectivity index is 1.98. The molecule has 92 valence electrons. The number of hydrogen-bond acceptors (Lipinski definition) is 3. The van der Waals surface area contributed by atoms with E-state index >= 15 is 0 Å². The van der Waals surface area contributed by atoms with E-state index in [1.165, 1.54) is 0 Å². The van der Waals surface area contributed by atoms with Gasteiger partial charge in [-0.25, -0.2) is 4.98 Å². The van der Waals surface area contributed by atoms with Crippen LogP contribution in [0.2, 0.25) is 0 Å². The van der Waals surface area contributed by atoms with Crippen LogP contribution in [-0.4, -0.2) is 23.6 Å². The third kappa shape index (κ3) is 3.03. The third-order valence-corrected chi connectivity index (χ3v) is 3.11. The molecule has 1 aromatic heterocycles. The van der Waals surface area contributed by atoms with Gasteiger partial charge in [0.05, 0.1) is 12.0 Å². The van der Waals surface area contributed by atoms with Crippen LogP contribution >= 0.6 is 0 Å². The van der Waals surface area contributed by atoms with E-state index in [0.717, 1.165) is 25.0 Å². The van der Waals surface area contributed by atoms with Crippen molar-refractivity contribution < 1.29 is 9.53 Å². The van der Waals surface area contributed by atoms with Crippen LogP contribution in [0.1, 0.15) is 25.3 Å². The molecule has 2 rings (SSSR count). The molecule has 2 atom stereocenters. The molecule has 17 heavy (non-hydrogen) atoms. The summed E-state index contributed by atoms with van der Waals surface area (Å²) in [5.74, 6) is 0.554. The molecule has 0 spiro atoms. The summed E-state index contributed by atoms with van der Waals surface area (Å²) in [6.45, 7) is 4.68. The van der Waals surface area contributed by atoms with Crippen molar-refractivity contribution in [3.05, 3.63) is 23.9 Å². The van der Waals surface area contributed by atoms with Crippen molar-refractivity contribution in [2.24, 2.45) is 5.92 Å². The van der Waals surface area contributed by atoms with Gasteiger partial charge in [0, 0.05) is 12.8 Å². The Morgan fingerprint density at radius 1 is 1.53 bits per heavy atom. The fourth-order valence-corrected chi connectivity index (χ4v) is 2.03. The lowest BCUT2D eigenvalue weighted by atomic mass is 9.94. The number of aromatic nitrogens is 1. The van der Waals surface area contributed by atoms with Crippen LogP contribution in [0.4, 0.5) is 5.82 Å². The number of anilines is 1. The predicted molar refractivity (Wildman–Crippen MR) is 65.7 cm³/mol. The van der Waals surface area contributed by atoms with E-state index in [9.17, 15) is 4.79 Å². The Morgan fingerprint density at radius 2 is 2.35 bits per heavy atom. The molecule has 1 aromatic rings. The number of ether oxygens (including phenoxy) is 1. The molecular weight excluding hydrogens is 216 g/mol. The zero-order chi connectivity index (χ0) is 12.3. The Labute approximate surface area is 101 Å². The number of rotatable bonds is 2. The molecule has 4 nitrogen and oxygen atoms in total. The minimum atomic E-state index is -0.0631. The molecule has 1 fully saturated rings. The molecule has 1 N–H and O–H groups in total. The maximum Gasteiger partial charge on any atom is 0.231 e. The van der Waals surface area contributed by atoms with Crippen molar-refractivity contribution in [3.63, 3.8) is 0 Å². The maximum atomic E-state index is 12.0. The summed E-state index contributed by atoms with van der Waals surface area (Å²) in [7, 11) is 0. The van der Waals surface area contributed by atoms with Gasteiger partial charge >= 0.3 is 0 Å². The second kappa shape index (κ2) is 5.27. The molecule has 1 amide bonds. The Hall–Kier alpha value is -1.42. The average molecular weight is 234 g/mol. The first kappa shape index (κ1) is 12.0. The Morgan fingerprint density at radius 3 is 3.00 bits per heavy atom. The molecule has 4 heteroatoms. The van der Waals surface area contributed by atoms with Crippen molar-refractivity contribution in [1.82, 2.24) is 4.98 Å². The van der Waals surface area contributed by atoms with Crippen molar-refractivity contribution >= 4 is 11.7 Å². The van der Waals surface area contributed by atoms with E-state index in [4.69, 9.17) is 4.74 Å². The molecule has 0 aliphatic carbocycles. The first-order chi connectivity index (χ1) is 8.16. The van der Waals surface area contributed by atoms with Gasteiger partial charge in [-0.1, -0.05) is 6.07 Å². The van der Waals surface area contributed by atoms with E-state index in [1.54, 1.807) is 6.20 Å². The summed E-state index contributed by atoms with van der Waals surface area (Å²) < 4.78 is 5.49. The maximum absolute atomic E-state index is 12.0. The summed E-state index contributed by atoms with van der Waals surface area (Å²) in [5.41, 5.74) is 1.08. The lowest BCUT2D eigenvalue weighted by molar-refractivity contribution is -0.127. The van der Waals surface area contributed by atoms with Gasteiger partial charge in [-0.15, -0.1) is 0 Å². The van der Waals surface area contributed by atoms with E-state index in [0.29, 0.717) is 5.82 Å². The normalized spacial score (nSPS) is 24.4. The smallest absolute Gasteiger partial charge is 0.231 e. The van der Waals surface area contributed by atoms with E-state index in [-0.39, 0.29) is 17.9 Å². The molecule has 0 aromatic carbocycles. The fourth-order valence-electron chi connectivity index (χ4n) is 2.03. The summed E-state index contributed by atoms with van der Waals surface area (Å²) >= 11 is 0. The van der Waals surface area contributed by atoms with Crippen molar-refractivity contribution in [2.75, 3.05) is 11.9 Å². The second-order valence-electron chi connectivity index (χ2n) is 4.53. The van der Waals surface area contributed by atoms with Crippen LogP contribution in [0.3, 0.4) is 0 Å². The number of nitrogens with zero attached hydrogens (tertiary/aromatic N) is 1. The standard InChI is InChI=1S/C13H18N2O2/c1-9-5-6-12(14-8-9)15-13(16)11-4-3-7-17-10(11)2/h5-6,8,10-11H,3-4,7H2,1-2H3,(H,14,15,16)/t10-,11+/m1/s1. The Kier molecular flexibility index (Phi) is 3.74. The molecule has 2 heterocycles. The summed E-state index contributed by atoms with van der Waals surface area (Å²) in [6, 6.07) is 3.75. The lowest BCUT2D eigenvalue weighted by Crippen LogP contribution is -2.36. The van der Waals surface area contributed by atoms with Crippen LogP contribution in [0.25, 0.3) is 0 Å². The monoisotopic (exact) mass is 234 g/mol. The van der Waals surface area contributed by atoms with E-state index in [1.807, 2.05) is 26.0 Å². The van der Waals surface area contributed by atoms with Crippen molar-refractivity contribution in [2.45, 2.75) is 32.8 Å². The van der Waals surface area contributed by atoms with Crippen LogP contribution < -0.4 is 5.32 Å². The highest BCUT2D eigenvalue weighted by Crippen LogP contribution is 2.21. The van der Waals surface area contributed by atoms with Crippen LogP contribution in [0.15, 0.2) is 18.3 Å². The molecule has 1 aliphatic rings. The van der Waals surface area contributed by atoms with E-state index in [2.05, 4.69) is 10.3 Å². The first-order valence-corrected chi connectivity index (χ1v) is 6.02. The molecular formula is C13H18N2O2. The summed E-state index contributed by atoms with van der Waals surface area (Å²) in [6.07, 6.45) is 3.58. The highest BCUT2D eigenvalue weighted by atomic mass is 16.5. The number of carbonyl (C=O) groups is 1. The minimum absolute atomic E-state index is 0.00537. The van der Waals surface area contributed by atoms with Gasteiger partial charge in [0.15, 0.2) is 0 Å². The first-order valence-electron chi connectivity index (χ1n) is 6.02. The minimum Gasteiger partial charge on any atom is -0.378 e. The van der Waals surface area contributed by atoms with E-state index < -0.39 is 0 Å². The third-order valence-electron chi connectivity index (χ3n) is 3.11. The SMILES string of the molecule is Cc1ccc(NC(=O)[C@H]2CCCO[C@@H]2C)nc1. The molecule has 0 radical (unpaired) electrons. The number of carbonyl (C=O) groups excluding carboxylic acids is 1. The number of nitrogens with one attached hydrogen (secondary N) is 1. The quantitative estimate of drug-likeness (QED) is 0.853. The lowest BCUT2D eigenvalue weighted by Gasteiger charge is -2.27. The van der Waals surface area contributed by atoms with Gasteiger partial charge in [0.25, 0.3) is 0 Å². The predicted octanol–water partition coefficient (Wildman–Crippen LogP) is 2.14. The largest absolute Gasteiger partial charge is 0.378 e. The summed E-state index contributed by atoms with van der Waals surface area (Å²) in [4.78, 5) is 16.2. The second-order valence-corrected chi connectivity index (χ2v) is 4.53. The average Bonchev–Trinajstić information content (AvgIpc) is 2.32. The van der Waals surface area contributed by atoms with Crippen molar-refractivity contribution in [3.8, 4) is 0 Å².